The number of amides is 1. The van der Waals surface area contributed by atoms with Crippen molar-refractivity contribution in [2.45, 2.75) is 0 Å². The summed E-state index contributed by atoms with van der Waals surface area (Å²) in [6.45, 7) is 0. The van der Waals surface area contributed by atoms with Gasteiger partial charge in [-0.15, -0.1) is 0 Å². The highest BCUT2D eigenvalue weighted by Gasteiger charge is 2.23. The molecular formula is C16H13FIN3O2S. The Labute approximate surface area is 155 Å². The van der Waals surface area contributed by atoms with Crippen molar-refractivity contribution < 1.29 is 14.0 Å². The smallest absolute Gasteiger partial charge is 0.280 e. The largest absolute Gasteiger partial charge is 0.344 e. The quantitative estimate of drug-likeness (QED) is 0.466. The number of rotatable bonds is 4. The zero-order valence-electron chi connectivity index (χ0n) is 12.8. The third-order valence-electron chi connectivity index (χ3n) is 3.42. The van der Waals surface area contributed by atoms with E-state index in [0.717, 1.165) is 8.63 Å². The summed E-state index contributed by atoms with van der Waals surface area (Å²) in [5, 5.41) is 5.37. The molecule has 2 aromatic heterocycles. The third-order valence-corrected chi connectivity index (χ3v) is 5.12. The SMILES string of the molecule is CON(C)C(=O)c1c(Nc2ccc(I)cc2F)sc2ncccc12. The number of fused-ring (bicyclic) bond motifs is 1. The molecule has 0 saturated heterocycles. The van der Waals surface area contributed by atoms with Gasteiger partial charge in [0.15, 0.2) is 0 Å². The average molecular weight is 457 g/mol. The van der Waals surface area contributed by atoms with Crippen LogP contribution in [-0.4, -0.2) is 30.1 Å². The summed E-state index contributed by atoms with van der Waals surface area (Å²) in [6, 6.07) is 8.43. The Morgan fingerprint density at radius 1 is 1.42 bits per heavy atom. The van der Waals surface area contributed by atoms with Crippen LogP contribution in [0.4, 0.5) is 15.1 Å². The minimum atomic E-state index is -0.384. The summed E-state index contributed by atoms with van der Waals surface area (Å²) in [6.07, 6.45) is 1.66. The van der Waals surface area contributed by atoms with Crippen LogP contribution in [0, 0.1) is 9.39 Å². The Bertz CT molecular complexity index is 915. The number of pyridine rings is 1. The van der Waals surface area contributed by atoms with Gasteiger partial charge in [-0.05, 0) is 52.9 Å². The lowest BCUT2D eigenvalue weighted by atomic mass is 10.2. The molecule has 3 aromatic rings. The first-order valence-electron chi connectivity index (χ1n) is 6.93. The molecule has 0 radical (unpaired) electrons. The lowest BCUT2D eigenvalue weighted by Crippen LogP contribution is -2.25. The van der Waals surface area contributed by atoms with E-state index in [1.807, 2.05) is 28.7 Å². The highest BCUT2D eigenvalue weighted by Crippen LogP contribution is 2.37. The van der Waals surface area contributed by atoms with Crippen molar-refractivity contribution in [3.63, 3.8) is 0 Å². The predicted molar refractivity (Wildman–Crippen MR) is 101 cm³/mol. The summed E-state index contributed by atoms with van der Waals surface area (Å²) >= 11 is 3.34. The first-order chi connectivity index (χ1) is 11.5. The molecule has 0 unspecified atom stereocenters. The lowest BCUT2D eigenvalue weighted by molar-refractivity contribution is -0.0754. The van der Waals surface area contributed by atoms with E-state index in [1.165, 1.54) is 31.6 Å². The number of aromatic nitrogens is 1. The Kier molecular flexibility index (Phi) is 4.97. The maximum atomic E-state index is 14.2. The summed E-state index contributed by atoms with van der Waals surface area (Å²) in [5.41, 5.74) is 0.710. The number of nitrogens with one attached hydrogen (secondary N) is 1. The molecular weight excluding hydrogens is 444 g/mol. The standard InChI is InChI=1S/C16H13FIN3O2S/c1-21(23-2)16(22)13-10-4-3-7-19-14(10)24-15(13)20-12-6-5-9(18)8-11(12)17/h3-8,20H,1-2H3. The molecule has 1 N–H and O–H groups in total. The molecule has 5 nitrogen and oxygen atoms in total. The minimum absolute atomic E-state index is 0.302. The molecule has 1 aromatic carbocycles. The highest BCUT2D eigenvalue weighted by atomic mass is 127. The van der Waals surface area contributed by atoms with E-state index >= 15 is 0 Å². The number of carbonyl (C=O) groups is 1. The van der Waals surface area contributed by atoms with E-state index in [0.29, 0.717) is 26.5 Å². The second-order valence-electron chi connectivity index (χ2n) is 4.90. The molecule has 0 fully saturated rings. The lowest BCUT2D eigenvalue weighted by Gasteiger charge is -2.15. The van der Waals surface area contributed by atoms with Crippen LogP contribution in [0.2, 0.25) is 0 Å². The molecule has 2 heterocycles. The van der Waals surface area contributed by atoms with Crippen LogP contribution in [0.25, 0.3) is 10.2 Å². The predicted octanol–water partition coefficient (Wildman–Crippen LogP) is 4.42. The number of halogens is 2. The molecule has 0 bridgehead atoms. The number of hydrogen-bond acceptors (Lipinski definition) is 5. The van der Waals surface area contributed by atoms with E-state index in [9.17, 15) is 9.18 Å². The van der Waals surface area contributed by atoms with Crippen LogP contribution in [0.1, 0.15) is 10.4 Å². The Morgan fingerprint density at radius 3 is 2.92 bits per heavy atom. The van der Waals surface area contributed by atoms with Crippen molar-refractivity contribution in [1.82, 2.24) is 10.0 Å². The van der Waals surface area contributed by atoms with Crippen molar-refractivity contribution in [1.29, 1.82) is 0 Å². The van der Waals surface area contributed by atoms with Gasteiger partial charge in [-0.25, -0.2) is 14.4 Å². The molecule has 0 saturated carbocycles. The fourth-order valence-corrected chi connectivity index (χ4v) is 3.69. The van der Waals surface area contributed by atoms with Crippen LogP contribution in [0.15, 0.2) is 36.5 Å². The number of carbonyl (C=O) groups excluding carboxylic acids is 1. The van der Waals surface area contributed by atoms with Crippen LogP contribution >= 0.6 is 33.9 Å². The molecule has 0 aliphatic rings. The molecule has 0 aliphatic heterocycles. The average Bonchev–Trinajstić information content (AvgIpc) is 2.94. The van der Waals surface area contributed by atoms with Crippen LogP contribution in [-0.2, 0) is 4.84 Å². The molecule has 0 spiro atoms. The van der Waals surface area contributed by atoms with E-state index in [1.54, 1.807) is 24.4 Å². The van der Waals surface area contributed by atoms with Gasteiger partial charge in [0.05, 0.1) is 18.4 Å². The van der Waals surface area contributed by atoms with Crippen molar-refractivity contribution >= 4 is 60.7 Å². The van der Waals surface area contributed by atoms with Crippen LogP contribution in [0.3, 0.4) is 0 Å². The fraction of sp³-hybridized carbons (Fsp3) is 0.125. The molecule has 124 valence electrons. The summed E-state index contributed by atoms with van der Waals surface area (Å²) < 4.78 is 14.9. The Hall–Kier alpha value is -1.78. The second kappa shape index (κ2) is 6.99. The zero-order valence-corrected chi connectivity index (χ0v) is 15.8. The van der Waals surface area contributed by atoms with Crippen LogP contribution in [0.5, 0.6) is 0 Å². The highest BCUT2D eigenvalue weighted by molar-refractivity contribution is 14.1. The second-order valence-corrected chi connectivity index (χ2v) is 7.14. The van der Waals surface area contributed by atoms with Crippen molar-refractivity contribution in [3.8, 4) is 0 Å². The van der Waals surface area contributed by atoms with Gasteiger partial charge < -0.3 is 5.32 Å². The summed E-state index contributed by atoms with van der Waals surface area (Å²) in [4.78, 5) is 22.6. The molecule has 3 rings (SSSR count). The third kappa shape index (κ3) is 3.21. The number of hydrogen-bond donors (Lipinski definition) is 1. The first-order valence-corrected chi connectivity index (χ1v) is 8.82. The maximum absolute atomic E-state index is 14.2. The molecule has 24 heavy (non-hydrogen) atoms. The number of thiophene rings is 1. The van der Waals surface area contributed by atoms with Gasteiger partial charge in [0.2, 0.25) is 0 Å². The van der Waals surface area contributed by atoms with Gasteiger partial charge in [-0.3, -0.25) is 9.63 Å². The Balaban J connectivity index is 2.11. The topological polar surface area (TPSA) is 54.5 Å². The van der Waals surface area contributed by atoms with Gasteiger partial charge >= 0.3 is 0 Å². The van der Waals surface area contributed by atoms with Gasteiger partial charge in [0.1, 0.15) is 15.6 Å². The maximum Gasteiger partial charge on any atom is 0.280 e. The van der Waals surface area contributed by atoms with Crippen molar-refractivity contribution in [2.24, 2.45) is 0 Å². The minimum Gasteiger partial charge on any atom is -0.344 e. The van der Waals surface area contributed by atoms with Gasteiger partial charge in [0.25, 0.3) is 5.91 Å². The molecule has 0 aliphatic carbocycles. The number of anilines is 2. The van der Waals surface area contributed by atoms with Gasteiger partial charge in [-0.2, -0.15) is 0 Å². The summed E-state index contributed by atoms with van der Waals surface area (Å²) in [5.74, 6) is -0.712. The molecule has 8 heteroatoms. The number of benzene rings is 1. The Morgan fingerprint density at radius 2 is 2.21 bits per heavy atom. The number of hydroxylamine groups is 2. The van der Waals surface area contributed by atoms with E-state index in [2.05, 4.69) is 10.3 Å². The number of nitrogens with zero attached hydrogens (tertiary/aromatic N) is 2. The first kappa shape index (κ1) is 17.1. The van der Waals surface area contributed by atoms with E-state index < -0.39 is 0 Å². The van der Waals surface area contributed by atoms with Crippen molar-refractivity contribution in [3.05, 3.63) is 51.5 Å². The molecule has 1 amide bonds. The molecule has 0 atom stereocenters. The zero-order chi connectivity index (χ0) is 17.3. The van der Waals surface area contributed by atoms with Crippen molar-refractivity contribution in [2.75, 3.05) is 19.5 Å². The van der Waals surface area contributed by atoms with E-state index in [-0.39, 0.29) is 11.7 Å². The van der Waals surface area contributed by atoms with Gasteiger partial charge in [-0.1, -0.05) is 11.3 Å². The van der Waals surface area contributed by atoms with Gasteiger partial charge in [0, 0.05) is 22.2 Å². The monoisotopic (exact) mass is 457 g/mol. The fourth-order valence-electron chi connectivity index (χ4n) is 2.19. The van der Waals surface area contributed by atoms with Crippen LogP contribution < -0.4 is 5.32 Å². The van der Waals surface area contributed by atoms with E-state index in [4.69, 9.17) is 4.84 Å². The summed E-state index contributed by atoms with van der Waals surface area (Å²) in [7, 11) is 2.94. The normalized spacial score (nSPS) is 10.8.